The van der Waals surface area contributed by atoms with Crippen LogP contribution in [0, 0.1) is 0 Å². The number of benzene rings is 1. The Hall–Kier alpha value is -1.54. The van der Waals surface area contributed by atoms with Crippen molar-refractivity contribution in [3.8, 4) is 0 Å². The number of amides is 1. The van der Waals surface area contributed by atoms with Crippen LogP contribution < -0.4 is 11.1 Å². The van der Waals surface area contributed by atoms with Crippen molar-refractivity contribution < 1.29 is 18.0 Å². The van der Waals surface area contributed by atoms with Gasteiger partial charge in [-0.15, -0.1) is 11.3 Å². The number of hydrogen-bond donors (Lipinski definition) is 2. The molecular weight excluding hydrogens is 369 g/mol. The summed E-state index contributed by atoms with van der Waals surface area (Å²) in [5.74, 6) is -0.636. The van der Waals surface area contributed by atoms with Crippen LogP contribution in [0.15, 0.2) is 34.1 Å². The monoisotopic (exact) mass is 378 g/mol. The summed E-state index contributed by atoms with van der Waals surface area (Å²) in [6.45, 7) is 0.227. The molecule has 0 fully saturated rings. The van der Waals surface area contributed by atoms with Crippen molar-refractivity contribution in [2.24, 2.45) is 0 Å². The lowest BCUT2D eigenvalue weighted by Crippen LogP contribution is -2.24. The summed E-state index contributed by atoms with van der Waals surface area (Å²) in [7, 11) is 0. The van der Waals surface area contributed by atoms with E-state index in [0.717, 1.165) is 20.8 Å². The van der Waals surface area contributed by atoms with E-state index < -0.39 is 23.3 Å². The maximum Gasteiger partial charge on any atom is 0.418 e. The summed E-state index contributed by atoms with van der Waals surface area (Å²) < 4.78 is 39.1. The van der Waals surface area contributed by atoms with Crippen molar-refractivity contribution in [1.29, 1.82) is 0 Å². The number of alkyl halides is 3. The third-order valence-electron chi connectivity index (χ3n) is 2.71. The van der Waals surface area contributed by atoms with E-state index in [4.69, 9.17) is 5.73 Å². The lowest BCUT2D eigenvalue weighted by Gasteiger charge is -2.13. The van der Waals surface area contributed by atoms with E-state index in [0.29, 0.717) is 0 Å². The van der Waals surface area contributed by atoms with Gasteiger partial charge in [0.2, 0.25) is 0 Å². The summed E-state index contributed by atoms with van der Waals surface area (Å²) in [6, 6.07) is 6.91. The largest absolute Gasteiger partial charge is 0.418 e. The molecule has 8 heteroatoms. The summed E-state index contributed by atoms with van der Waals surface area (Å²) in [5, 5.41) is 2.55. The van der Waals surface area contributed by atoms with Gasteiger partial charge in [0, 0.05) is 4.88 Å². The highest BCUT2D eigenvalue weighted by Crippen LogP contribution is 2.34. The van der Waals surface area contributed by atoms with E-state index in [-0.39, 0.29) is 12.1 Å². The number of nitrogens with two attached hydrogens (primary N) is 1. The molecule has 0 unspecified atom stereocenters. The van der Waals surface area contributed by atoms with Gasteiger partial charge in [0.1, 0.15) is 0 Å². The molecule has 21 heavy (non-hydrogen) atoms. The third-order valence-corrected chi connectivity index (χ3v) is 4.33. The van der Waals surface area contributed by atoms with Gasteiger partial charge in [0.25, 0.3) is 5.91 Å². The molecule has 0 aliphatic carbocycles. The molecule has 3 N–H and O–H groups in total. The summed E-state index contributed by atoms with van der Waals surface area (Å²) in [6.07, 6.45) is -4.58. The van der Waals surface area contributed by atoms with Crippen LogP contribution in [0.5, 0.6) is 0 Å². The molecule has 0 saturated heterocycles. The number of carbonyl (C=O) groups excluding carboxylic acids is 1. The molecule has 112 valence electrons. The molecule has 0 atom stereocenters. The highest BCUT2D eigenvalue weighted by atomic mass is 79.9. The first-order chi connectivity index (χ1) is 9.79. The Bertz CT molecular complexity index is 670. The summed E-state index contributed by atoms with van der Waals surface area (Å²) in [5.41, 5.74) is 3.71. The fraction of sp³-hybridized carbons (Fsp3) is 0.154. The lowest BCUT2D eigenvalue weighted by atomic mass is 10.1. The minimum atomic E-state index is -4.58. The molecule has 0 aliphatic heterocycles. The molecule has 2 aromatic rings. The van der Waals surface area contributed by atoms with Gasteiger partial charge in [-0.2, -0.15) is 13.2 Å². The zero-order chi connectivity index (χ0) is 15.6. The number of para-hydroxylation sites is 1. The molecule has 1 aromatic carbocycles. The Morgan fingerprint density at radius 2 is 2.00 bits per heavy atom. The first-order valence-corrected chi connectivity index (χ1v) is 7.38. The van der Waals surface area contributed by atoms with Crippen molar-refractivity contribution in [2.45, 2.75) is 12.7 Å². The highest BCUT2D eigenvalue weighted by Gasteiger charge is 2.34. The normalized spacial score (nSPS) is 11.4. The van der Waals surface area contributed by atoms with Crippen LogP contribution in [0.3, 0.4) is 0 Å². The molecule has 1 aromatic heterocycles. The number of nitrogens with one attached hydrogen (secondary N) is 1. The van der Waals surface area contributed by atoms with E-state index in [1.807, 2.05) is 12.1 Å². The van der Waals surface area contributed by atoms with Crippen LogP contribution in [0.4, 0.5) is 18.9 Å². The van der Waals surface area contributed by atoms with Crippen molar-refractivity contribution >= 4 is 38.9 Å². The van der Waals surface area contributed by atoms with Crippen LogP contribution in [0.1, 0.15) is 20.8 Å². The number of rotatable bonds is 3. The number of thiophene rings is 1. The van der Waals surface area contributed by atoms with Gasteiger partial charge < -0.3 is 11.1 Å². The number of hydrogen-bond acceptors (Lipinski definition) is 3. The van der Waals surface area contributed by atoms with Crippen molar-refractivity contribution in [2.75, 3.05) is 5.73 Å². The first-order valence-electron chi connectivity index (χ1n) is 5.77. The Balaban J connectivity index is 2.16. The smallest absolute Gasteiger partial charge is 0.398 e. The van der Waals surface area contributed by atoms with Gasteiger partial charge in [-0.25, -0.2) is 0 Å². The maximum absolute atomic E-state index is 12.7. The molecule has 3 nitrogen and oxygen atoms in total. The second-order valence-electron chi connectivity index (χ2n) is 4.15. The van der Waals surface area contributed by atoms with E-state index in [1.54, 1.807) is 0 Å². The van der Waals surface area contributed by atoms with E-state index in [9.17, 15) is 18.0 Å². The number of halogens is 4. The van der Waals surface area contributed by atoms with E-state index in [2.05, 4.69) is 21.2 Å². The van der Waals surface area contributed by atoms with Gasteiger partial charge in [0.15, 0.2) is 0 Å². The van der Waals surface area contributed by atoms with Crippen LogP contribution in [-0.4, -0.2) is 5.91 Å². The Labute approximate surface area is 131 Å². The highest BCUT2D eigenvalue weighted by molar-refractivity contribution is 9.11. The molecule has 0 saturated carbocycles. The quantitative estimate of drug-likeness (QED) is 0.791. The van der Waals surface area contributed by atoms with Crippen molar-refractivity contribution in [3.63, 3.8) is 0 Å². The molecular formula is C13H10BrF3N2OS. The zero-order valence-electron chi connectivity index (χ0n) is 10.5. The molecule has 0 radical (unpaired) electrons. The first kappa shape index (κ1) is 15.8. The van der Waals surface area contributed by atoms with Crippen LogP contribution >= 0.6 is 27.3 Å². The second-order valence-corrected chi connectivity index (χ2v) is 6.70. The fourth-order valence-corrected chi connectivity index (χ4v) is 3.14. The third kappa shape index (κ3) is 3.76. The minimum absolute atomic E-state index is 0.180. The minimum Gasteiger partial charge on any atom is -0.398 e. The second kappa shape index (κ2) is 6.07. The average molecular weight is 379 g/mol. The summed E-state index contributed by atoms with van der Waals surface area (Å²) in [4.78, 5) is 12.8. The van der Waals surface area contributed by atoms with Gasteiger partial charge in [-0.05, 0) is 40.2 Å². The molecule has 2 rings (SSSR count). The topological polar surface area (TPSA) is 55.1 Å². The van der Waals surface area contributed by atoms with Crippen molar-refractivity contribution in [1.82, 2.24) is 5.32 Å². The average Bonchev–Trinajstić information content (AvgIpc) is 2.80. The number of nitrogen functional groups attached to an aromatic ring is 1. The standard InChI is InChI=1S/C13H10BrF3N2OS/c14-10-5-4-7(21-10)6-19-12(20)8-2-1-3-9(11(8)18)13(15,16)17/h1-5H,6,18H2,(H,19,20). The van der Waals surface area contributed by atoms with Gasteiger partial charge in [-0.1, -0.05) is 6.07 Å². The molecule has 1 amide bonds. The lowest BCUT2D eigenvalue weighted by molar-refractivity contribution is -0.136. The van der Waals surface area contributed by atoms with Crippen molar-refractivity contribution in [3.05, 3.63) is 50.1 Å². The van der Waals surface area contributed by atoms with E-state index in [1.165, 1.54) is 17.4 Å². The molecule has 0 spiro atoms. The SMILES string of the molecule is Nc1c(C(=O)NCc2ccc(Br)s2)cccc1C(F)(F)F. The zero-order valence-corrected chi connectivity index (χ0v) is 12.9. The van der Waals surface area contributed by atoms with E-state index >= 15 is 0 Å². The number of carbonyl (C=O) groups is 1. The Morgan fingerprint density at radius 3 is 2.57 bits per heavy atom. The predicted molar refractivity (Wildman–Crippen MR) is 79.0 cm³/mol. The van der Waals surface area contributed by atoms with Crippen LogP contribution in [0.25, 0.3) is 0 Å². The Morgan fingerprint density at radius 1 is 1.29 bits per heavy atom. The summed E-state index contributed by atoms with van der Waals surface area (Å²) >= 11 is 4.72. The van der Waals surface area contributed by atoms with Gasteiger partial charge >= 0.3 is 6.18 Å². The molecule has 0 bridgehead atoms. The number of anilines is 1. The molecule has 1 heterocycles. The molecule has 0 aliphatic rings. The van der Waals surface area contributed by atoms with Gasteiger partial charge in [-0.3, -0.25) is 4.79 Å². The fourth-order valence-electron chi connectivity index (χ4n) is 1.72. The predicted octanol–water partition coefficient (Wildman–Crippen LogP) is 4.04. The Kier molecular flexibility index (Phi) is 4.58. The van der Waals surface area contributed by atoms with Crippen LogP contribution in [0.2, 0.25) is 0 Å². The van der Waals surface area contributed by atoms with Gasteiger partial charge in [0.05, 0.1) is 27.1 Å². The van der Waals surface area contributed by atoms with Crippen LogP contribution in [-0.2, 0) is 12.7 Å². The maximum atomic E-state index is 12.7.